The van der Waals surface area contributed by atoms with E-state index in [0.29, 0.717) is 12.8 Å². The van der Waals surface area contributed by atoms with Gasteiger partial charge in [0.25, 0.3) is 0 Å². The molecule has 0 aromatic carbocycles. The third-order valence-electron chi connectivity index (χ3n) is 3.84. The summed E-state index contributed by atoms with van der Waals surface area (Å²) in [6.45, 7) is 0.641. The minimum atomic E-state index is 0. The first-order chi connectivity index (χ1) is 8.81. The van der Waals surface area contributed by atoms with E-state index in [0.717, 1.165) is 0 Å². The highest BCUT2D eigenvalue weighted by Gasteiger charge is 2.28. The number of oxime groups is 1. The summed E-state index contributed by atoms with van der Waals surface area (Å²) in [6, 6.07) is 0. The normalized spacial score (nSPS) is 28.6. The molecule has 0 spiro atoms. The molecule has 0 radical (unpaired) electrons. The number of nitrogens with one attached hydrogen (secondary N) is 1. The lowest BCUT2D eigenvalue weighted by molar-refractivity contribution is -0.886. The lowest BCUT2D eigenvalue weighted by atomic mass is 10.2. The molecule has 2 unspecified atom stereocenters. The smallest absolute Gasteiger partial charge is 0.209 e. The largest absolute Gasteiger partial charge is 1.00 e. The SMILES string of the molecule is CN1C=C[NH+](COC2CCCCCC2)C1/C=N\O.[Cl-]. The van der Waals surface area contributed by atoms with Gasteiger partial charge in [-0.05, 0) is 12.8 Å². The zero-order valence-corrected chi connectivity index (χ0v) is 12.2. The van der Waals surface area contributed by atoms with Gasteiger partial charge >= 0.3 is 0 Å². The molecule has 2 N–H and O–H groups in total. The first-order valence-electron chi connectivity index (χ1n) is 6.86. The van der Waals surface area contributed by atoms with Gasteiger partial charge in [0.15, 0.2) is 6.73 Å². The maximum absolute atomic E-state index is 8.68. The Kier molecular flexibility index (Phi) is 7.20. The summed E-state index contributed by atoms with van der Waals surface area (Å²) in [4.78, 5) is 3.19. The molecule has 5 nitrogen and oxygen atoms in total. The van der Waals surface area contributed by atoms with Crippen molar-refractivity contribution in [3.05, 3.63) is 12.4 Å². The lowest BCUT2D eigenvalue weighted by Gasteiger charge is -2.23. The number of quaternary nitrogens is 1. The molecule has 19 heavy (non-hydrogen) atoms. The second-order valence-corrected chi connectivity index (χ2v) is 5.19. The van der Waals surface area contributed by atoms with E-state index in [9.17, 15) is 0 Å². The number of ether oxygens (including phenoxy) is 1. The van der Waals surface area contributed by atoms with Gasteiger partial charge in [0.2, 0.25) is 6.17 Å². The van der Waals surface area contributed by atoms with E-state index in [4.69, 9.17) is 9.94 Å². The van der Waals surface area contributed by atoms with Crippen LogP contribution in [0, 0.1) is 0 Å². The first-order valence-corrected chi connectivity index (χ1v) is 6.86. The molecule has 1 fully saturated rings. The molecule has 1 saturated carbocycles. The topological polar surface area (TPSA) is 49.5 Å². The molecule has 2 atom stereocenters. The van der Waals surface area contributed by atoms with E-state index in [-0.39, 0.29) is 18.6 Å². The molecule has 0 amide bonds. The van der Waals surface area contributed by atoms with Crippen molar-refractivity contribution in [3.63, 3.8) is 0 Å². The van der Waals surface area contributed by atoms with Crippen LogP contribution in [0.5, 0.6) is 0 Å². The van der Waals surface area contributed by atoms with Gasteiger partial charge in [-0.2, -0.15) is 0 Å². The summed E-state index contributed by atoms with van der Waals surface area (Å²) in [5.74, 6) is 0. The summed E-state index contributed by atoms with van der Waals surface area (Å²) < 4.78 is 6.01. The van der Waals surface area contributed by atoms with E-state index in [1.807, 2.05) is 18.1 Å². The summed E-state index contributed by atoms with van der Waals surface area (Å²) in [5.41, 5.74) is 0. The van der Waals surface area contributed by atoms with Crippen LogP contribution >= 0.6 is 0 Å². The summed E-state index contributed by atoms with van der Waals surface area (Å²) in [6.07, 6.45) is 13.7. The Bertz CT molecular complexity index is 304. The number of halogens is 1. The van der Waals surface area contributed by atoms with Gasteiger partial charge in [-0.3, -0.25) is 4.90 Å². The Morgan fingerprint density at radius 2 is 2.05 bits per heavy atom. The van der Waals surface area contributed by atoms with Gasteiger partial charge in [0.1, 0.15) is 12.4 Å². The third kappa shape index (κ3) is 4.67. The van der Waals surface area contributed by atoms with Crippen LogP contribution in [0.15, 0.2) is 17.6 Å². The lowest BCUT2D eigenvalue weighted by Crippen LogP contribution is -3.12. The molecular formula is C13H24ClN3O2. The van der Waals surface area contributed by atoms with Crippen LogP contribution in [0.3, 0.4) is 0 Å². The van der Waals surface area contributed by atoms with Gasteiger partial charge in [-0.15, -0.1) is 0 Å². The molecule has 0 bridgehead atoms. The second kappa shape index (κ2) is 8.40. The Morgan fingerprint density at radius 3 is 2.68 bits per heavy atom. The Labute approximate surface area is 121 Å². The van der Waals surface area contributed by atoms with Crippen LogP contribution < -0.4 is 17.3 Å². The average molecular weight is 290 g/mol. The molecular weight excluding hydrogens is 266 g/mol. The fraction of sp³-hybridized carbons (Fsp3) is 0.769. The van der Waals surface area contributed by atoms with Crippen molar-refractivity contribution < 1.29 is 27.3 Å². The molecule has 2 aliphatic rings. The maximum Gasteiger partial charge on any atom is 0.209 e. The van der Waals surface area contributed by atoms with Crippen molar-refractivity contribution in [1.29, 1.82) is 0 Å². The van der Waals surface area contributed by atoms with Crippen molar-refractivity contribution >= 4 is 6.21 Å². The van der Waals surface area contributed by atoms with Crippen molar-refractivity contribution in [1.82, 2.24) is 4.90 Å². The van der Waals surface area contributed by atoms with Crippen LogP contribution in [-0.4, -0.2) is 42.4 Å². The van der Waals surface area contributed by atoms with E-state index >= 15 is 0 Å². The highest BCUT2D eigenvalue weighted by molar-refractivity contribution is 5.61. The van der Waals surface area contributed by atoms with Crippen molar-refractivity contribution in [2.45, 2.75) is 50.8 Å². The zero-order valence-electron chi connectivity index (χ0n) is 11.5. The molecule has 1 heterocycles. The molecule has 6 heteroatoms. The predicted molar refractivity (Wildman–Crippen MR) is 69.4 cm³/mol. The fourth-order valence-electron chi connectivity index (χ4n) is 2.69. The average Bonchev–Trinajstić information content (AvgIpc) is 2.59. The standard InChI is InChI=1S/C13H23N3O2.ClH/c1-15-8-9-16(13(15)10-14-17)11-18-12-6-4-2-3-5-7-12;/h8-10,12-13,17H,2-7,11H2,1H3;1H/b14-10-;. The Balaban J connectivity index is 0.00000180. The van der Waals surface area contributed by atoms with Crippen LogP contribution in [0.1, 0.15) is 38.5 Å². The number of rotatable bonds is 4. The van der Waals surface area contributed by atoms with Crippen LogP contribution in [-0.2, 0) is 4.74 Å². The van der Waals surface area contributed by atoms with E-state index in [1.165, 1.54) is 43.4 Å². The van der Waals surface area contributed by atoms with Gasteiger partial charge in [0, 0.05) is 7.05 Å². The van der Waals surface area contributed by atoms with Gasteiger partial charge < -0.3 is 27.3 Å². The molecule has 0 aromatic rings. The summed E-state index contributed by atoms with van der Waals surface area (Å²) in [5, 5.41) is 11.8. The van der Waals surface area contributed by atoms with Gasteiger partial charge in [-0.25, -0.2) is 0 Å². The minimum Gasteiger partial charge on any atom is -1.00 e. The molecule has 110 valence electrons. The van der Waals surface area contributed by atoms with Crippen molar-refractivity contribution in [2.75, 3.05) is 13.8 Å². The molecule has 1 aliphatic carbocycles. The van der Waals surface area contributed by atoms with E-state index in [1.54, 1.807) is 6.21 Å². The van der Waals surface area contributed by atoms with Crippen LogP contribution in [0.2, 0.25) is 0 Å². The van der Waals surface area contributed by atoms with Crippen molar-refractivity contribution in [2.24, 2.45) is 5.16 Å². The van der Waals surface area contributed by atoms with E-state index in [2.05, 4.69) is 11.4 Å². The van der Waals surface area contributed by atoms with Crippen LogP contribution in [0.4, 0.5) is 0 Å². The summed E-state index contributed by atoms with van der Waals surface area (Å²) in [7, 11) is 1.97. The first kappa shape index (κ1) is 16.3. The number of hydrogen-bond donors (Lipinski definition) is 2. The summed E-state index contributed by atoms with van der Waals surface area (Å²) >= 11 is 0. The molecule has 0 saturated heterocycles. The highest BCUT2D eigenvalue weighted by atomic mass is 35.5. The predicted octanol–water partition coefficient (Wildman–Crippen LogP) is -2.23. The van der Waals surface area contributed by atoms with E-state index < -0.39 is 0 Å². The molecule has 0 aromatic heterocycles. The monoisotopic (exact) mass is 289 g/mol. The fourth-order valence-corrected chi connectivity index (χ4v) is 2.69. The maximum atomic E-state index is 8.68. The van der Waals surface area contributed by atoms with Gasteiger partial charge in [-0.1, -0.05) is 30.8 Å². The highest BCUT2D eigenvalue weighted by Crippen LogP contribution is 2.19. The number of nitrogens with zero attached hydrogens (tertiary/aromatic N) is 2. The molecule has 2 rings (SSSR count). The third-order valence-corrected chi connectivity index (χ3v) is 3.84. The minimum absolute atomic E-state index is 0. The second-order valence-electron chi connectivity index (χ2n) is 5.19. The van der Waals surface area contributed by atoms with Crippen LogP contribution in [0.25, 0.3) is 0 Å². The Morgan fingerprint density at radius 1 is 1.37 bits per heavy atom. The number of hydrogen-bond acceptors (Lipinski definition) is 4. The quantitative estimate of drug-likeness (QED) is 0.267. The van der Waals surface area contributed by atoms with Gasteiger partial charge in [0.05, 0.1) is 12.3 Å². The molecule has 1 aliphatic heterocycles. The van der Waals surface area contributed by atoms with Crippen molar-refractivity contribution in [3.8, 4) is 0 Å². The Hall–Kier alpha value is -0.780. The zero-order chi connectivity index (χ0) is 12.8.